The second-order valence-corrected chi connectivity index (χ2v) is 15.5. The van der Waals surface area contributed by atoms with Gasteiger partial charge in [-0.15, -0.1) is 0 Å². The second-order valence-electron chi connectivity index (χ2n) is 15.5. The molecule has 0 saturated heterocycles. The quantitative estimate of drug-likeness (QED) is 0.146. The van der Waals surface area contributed by atoms with Crippen molar-refractivity contribution >= 4 is 16.8 Å². The molecule has 0 bridgehead atoms. The van der Waals surface area contributed by atoms with E-state index in [9.17, 15) is 4.39 Å². The number of benzene rings is 7. The van der Waals surface area contributed by atoms with E-state index in [0.717, 1.165) is 74.1 Å². The zero-order valence-corrected chi connectivity index (χ0v) is 34.0. The second kappa shape index (κ2) is 14.6. The third kappa shape index (κ3) is 5.73. The maximum absolute atomic E-state index is 14.8. The summed E-state index contributed by atoms with van der Waals surface area (Å²) in [5, 5.41) is 1.92. The summed E-state index contributed by atoms with van der Waals surface area (Å²) in [6.07, 6.45) is 6.19. The van der Waals surface area contributed by atoms with Gasteiger partial charge in [0.1, 0.15) is 11.6 Å². The van der Waals surface area contributed by atoms with Crippen LogP contribution in [0.15, 0.2) is 158 Å². The molecule has 1 aliphatic carbocycles. The van der Waals surface area contributed by atoms with Crippen LogP contribution >= 0.6 is 0 Å². The van der Waals surface area contributed by atoms with E-state index < -0.39 is 5.60 Å². The van der Waals surface area contributed by atoms with E-state index in [1.165, 1.54) is 34.4 Å². The van der Waals surface area contributed by atoms with E-state index in [4.69, 9.17) is 24.2 Å². The maximum atomic E-state index is 14.8. The van der Waals surface area contributed by atoms with Crippen molar-refractivity contribution < 1.29 is 18.6 Å². The third-order valence-corrected chi connectivity index (χ3v) is 12.6. The molecule has 0 saturated carbocycles. The number of nitrogens with zero attached hydrogens (tertiary/aromatic N) is 2. The van der Waals surface area contributed by atoms with E-state index in [2.05, 4.69) is 92.7 Å². The van der Waals surface area contributed by atoms with Crippen LogP contribution in [0.4, 0.5) is 4.39 Å². The van der Waals surface area contributed by atoms with Gasteiger partial charge in [-0.2, -0.15) is 0 Å². The van der Waals surface area contributed by atoms with Crippen molar-refractivity contribution in [2.75, 3.05) is 14.2 Å². The lowest BCUT2D eigenvalue weighted by Gasteiger charge is -2.39. The van der Waals surface area contributed by atoms with Crippen LogP contribution in [0.25, 0.3) is 61.9 Å². The average molecular weight is 787 g/mol. The molecule has 0 fully saturated rings. The van der Waals surface area contributed by atoms with Gasteiger partial charge in [-0.3, -0.25) is 0 Å². The first-order valence-electron chi connectivity index (χ1n) is 20.5. The molecule has 1 aromatic heterocycles. The van der Waals surface area contributed by atoms with Crippen LogP contribution in [0.1, 0.15) is 54.5 Å². The van der Waals surface area contributed by atoms with Crippen LogP contribution in [0.5, 0.6) is 17.2 Å². The lowest BCUT2D eigenvalue weighted by Crippen LogP contribution is -2.35. The van der Waals surface area contributed by atoms with Crippen LogP contribution in [-0.2, 0) is 11.0 Å². The fourth-order valence-electron chi connectivity index (χ4n) is 9.63. The molecule has 0 radical (unpaired) electrons. The van der Waals surface area contributed by atoms with Gasteiger partial charge in [0.2, 0.25) is 0 Å². The molecule has 5 nitrogen and oxygen atoms in total. The fraction of sp³-hybridized carbons (Fsp3) is 0.148. The average Bonchev–Trinajstić information content (AvgIpc) is 3.62. The summed E-state index contributed by atoms with van der Waals surface area (Å²) in [5.41, 5.74) is 10.7. The summed E-state index contributed by atoms with van der Waals surface area (Å²) in [6, 6.07) is 50.2. The number of hydrogen-bond donors (Lipinski definition) is 0. The third-order valence-electron chi connectivity index (χ3n) is 12.6. The smallest absolute Gasteiger partial charge is 0.178 e. The number of aromatic nitrogens is 2. The molecule has 1 atom stereocenters. The van der Waals surface area contributed by atoms with Crippen molar-refractivity contribution in [1.29, 1.82) is 0 Å². The lowest BCUT2D eigenvalue weighted by atomic mass is 9.71. The lowest BCUT2D eigenvalue weighted by molar-refractivity contribution is 0.163. The van der Waals surface area contributed by atoms with Crippen LogP contribution in [0, 0.1) is 5.82 Å². The van der Waals surface area contributed by atoms with Crippen molar-refractivity contribution in [3.63, 3.8) is 0 Å². The molecule has 60 heavy (non-hydrogen) atoms. The van der Waals surface area contributed by atoms with Gasteiger partial charge in [0, 0.05) is 44.2 Å². The molecule has 7 aromatic carbocycles. The van der Waals surface area contributed by atoms with Crippen molar-refractivity contribution in [3.8, 4) is 62.3 Å². The van der Waals surface area contributed by atoms with Gasteiger partial charge >= 0.3 is 0 Å². The first kappa shape index (κ1) is 37.2. The molecule has 294 valence electrons. The van der Waals surface area contributed by atoms with Crippen LogP contribution in [-0.4, -0.2) is 24.2 Å². The highest BCUT2D eigenvalue weighted by Gasteiger charge is 2.47. The summed E-state index contributed by atoms with van der Waals surface area (Å²) < 4.78 is 34.3. The fourth-order valence-corrected chi connectivity index (χ4v) is 9.63. The number of halogens is 1. The highest BCUT2D eigenvalue weighted by Crippen LogP contribution is 2.61. The molecule has 10 rings (SSSR count). The topological polar surface area (TPSA) is 53.5 Å². The largest absolute Gasteiger partial charge is 0.493 e. The summed E-state index contributed by atoms with van der Waals surface area (Å²) in [7, 11) is 3.33. The predicted molar refractivity (Wildman–Crippen MR) is 239 cm³/mol. The Kier molecular flexibility index (Phi) is 9.09. The van der Waals surface area contributed by atoms with Gasteiger partial charge in [-0.05, 0) is 83.0 Å². The first-order chi connectivity index (χ1) is 29.4. The standard InChI is InChI=1S/C54H43FN2O3/c1-5-53(6-2)44-23-14-13-22-40(44)49-42-31-47(58-3)48(59-4)32-43(42)51-41(50(49)53)28-29-54(60-51,37-24-26-39(55)27-25-37)38-21-15-20-36(30-38)52-56-45(34-16-9-7-10-17-34)33-46(57-52)35-18-11-8-12-19-35/h7-33H,5-6H2,1-4H3. The van der Waals surface area contributed by atoms with E-state index in [1.807, 2.05) is 72.8 Å². The Labute approximate surface area is 349 Å². The summed E-state index contributed by atoms with van der Waals surface area (Å²) in [5.74, 6) is 2.24. The molecule has 0 N–H and O–H groups in total. The van der Waals surface area contributed by atoms with Gasteiger partial charge in [-0.25, -0.2) is 14.4 Å². The molecule has 8 aromatic rings. The normalized spacial score (nSPS) is 15.8. The number of rotatable bonds is 9. The first-order valence-corrected chi connectivity index (χ1v) is 20.5. The molecular weight excluding hydrogens is 744 g/mol. The van der Waals surface area contributed by atoms with Crippen LogP contribution < -0.4 is 14.2 Å². The number of methoxy groups -OCH3 is 2. The Bertz CT molecular complexity index is 2900. The molecule has 0 spiro atoms. The van der Waals surface area contributed by atoms with Gasteiger partial charge < -0.3 is 14.2 Å². The molecule has 0 amide bonds. The zero-order chi connectivity index (χ0) is 41.0. The van der Waals surface area contributed by atoms with Crippen molar-refractivity contribution in [2.45, 2.75) is 37.7 Å². The number of fused-ring (bicyclic) bond motifs is 8. The SMILES string of the molecule is CCC1(CC)c2ccccc2-c2c1c1c(c3cc(OC)c(OC)cc23)OC(c2ccc(F)cc2)(c2cccc(-c3nc(-c4ccccc4)cc(-c4ccccc4)n3)c2)C=C1. The van der Waals surface area contributed by atoms with E-state index in [-0.39, 0.29) is 11.2 Å². The summed E-state index contributed by atoms with van der Waals surface area (Å²) in [4.78, 5) is 10.3. The minimum atomic E-state index is -1.17. The molecule has 6 heteroatoms. The van der Waals surface area contributed by atoms with Crippen LogP contribution in [0.3, 0.4) is 0 Å². The minimum Gasteiger partial charge on any atom is -0.493 e. The highest BCUT2D eigenvalue weighted by molar-refractivity contribution is 6.09. The van der Waals surface area contributed by atoms with E-state index in [0.29, 0.717) is 17.3 Å². The van der Waals surface area contributed by atoms with Gasteiger partial charge in [0.25, 0.3) is 0 Å². The van der Waals surface area contributed by atoms with Gasteiger partial charge in [0.15, 0.2) is 22.9 Å². The maximum Gasteiger partial charge on any atom is 0.178 e. The van der Waals surface area contributed by atoms with Crippen molar-refractivity contribution in [1.82, 2.24) is 9.97 Å². The molecule has 2 heterocycles. The van der Waals surface area contributed by atoms with Crippen molar-refractivity contribution in [2.24, 2.45) is 0 Å². The molecule has 1 unspecified atom stereocenters. The molecule has 2 aliphatic rings. The Morgan fingerprint density at radius 1 is 0.600 bits per heavy atom. The summed E-state index contributed by atoms with van der Waals surface area (Å²) >= 11 is 0. The molecule has 1 aliphatic heterocycles. The van der Waals surface area contributed by atoms with Crippen molar-refractivity contribution in [3.05, 3.63) is 191 Å². The molecular formula is C54H43FN2O3. The minimum absolute atomic E-state index is 0.252. The van der Waals surface area contributed by atoms with E-state index in [1.54, 1.807) is 14.2 Å². The van der Waals surface area contributed by atoms with Gasteiger partial charge in [0.05, 0.1) is 25.6 Å². The Morgan fingerprint density at radius 3 is 1.83 bits per heavy atom. The Hall–Kier alpha value is -7.05. The summed E-state index contributed by atoms with van der Waals surface area (Å²) in [6.45, 7) is 4.56. The zero-order valence-electron chi connectivity index (χ0n) is 34.0. The number of ether oxygens (including phenoxy) is 3. The highest BCUT2D eigenvalue weighted by atomic mass is 19.1. The number of hydrogen-bond acceptors (Lipinski definition) is 5. The predicted octanol–water partition coefficient (Wildman–Crippen LogP) is 13.2. The van der Waals surface area contributed by atoms with E-state index >= 15 is 0 Å². The van der Waals surface area contributed by atoms with Gasteiger partial charge in [-0.1, -0.05) is 135 Å². The van der Waals surface area contributed by atoms with Crippen LogP contribution in [0.2, 0.25) is 0 Å². The Balaban J connectivity index is 1.23. The Morgan fingerprint density at radius 2 is 1.20 bits per heavy atom. The monoisotopic (exact) mass is 786 g/mol.